The molecule has 0 aliphatic carbocycles. The Balaban J connectivity index is 2.26. The van der Waals surface area contributed by atoms with E-state index in [4.69, 9.17) is 23.7 Å². The fourth-order valence-corrected chi connectivity index (χ4v) is 4.20. The fraction of sp³-hybridized carbons (Fsp3) is 0.500. The van der Waals surface area contributed by atoms with E-state index in [0.29, 0.717) is 25.5 Å². The molecule has 1 aliphatic heterocycles. The molecule has 2 rings (SSSR count). The first-order valence-electron chi connectivity index (χ1n) is 6.13. The Morgan fingerprint density at radius 2 is 1.78 bits per heavy atom. The summed E-state index contributed by atoms with van der Waals surface area (Å²) in [7, 11) is -2.88. The molecule has 2 N–H and O–H groups in total. The van der Waals surface area contributed by atoms with Gasteiger partial charge in [0.2, 0.25) is 0 Å². The largest absolute Gasteiger partial charge is 0.539 e. The molecule has 1 saturated heterocycles. The van der Waals surface area contributed by atoms with E-state index < -0.39 is 8.80 Å². The zero-order valence-electron chi connectivity index (χ0n) is 10.7. The number of hydrogen-bond donors (Lipinski definition) is 1. The Morgan fingerprint density at radius 3 is 2.22 bits per heavy atom. The summed E-state index contributed by atoms with van der Waals surface area (Å²) in [6, 6.07) is 7.45. The number of hydrogen-bond acceptors (Lipinski definition) is 5. The highest BCUT2D eigenvalue weighted by Crippen LogP contribution is 2.20. The highest BCUT2D eigenvalue weighted by atomic mass is 28.4. The van der Waals surface area contributed by atoms with E-state index in [9.17, 15) is 0 Å². The summed E-state index contributed by atoms with van der Waals surface area (Å²) in [6.45, 7) is 5.51. The molecular weight excluding hydrogens is 250 g/mol. The molecule has 18 heavy (non-hydrogen) atoms. The number of epoxide rings is 1. The first kappa shape index (κ1) is 13.5. The third-order valence-corrected chi connectivity index (χ3v) is 5.47. The third kappa shape index (κ3) is 3.09. The lowest BCUT2D eigenvalue weighted by Crippen LogP contribution is -2.57. The molecule has 0 bridgehead atoms. The van der Waals surface area contributed by atoms with E-state index in [1.165, 1.54) is 0 Å². The molecule has 0 aromatic heterocycles. The second-order valence-electron chi connectivity index (χ2n) is 3.92. The van der Waals surface area contributed by atoms with Crippen molar-refractivity contribution in [3.63, 3.8) is 0 Å². The van der Waals surface area contributed by atoms with Crippen LogP contribution in [0.3, 0.4) is 0 Å². The zero-order chi connectivity index (χ0) is 13.0. The number of nitrogens with two attached hydrogens (primary N) is 1. The molecule has 6 heteroatoms. The van der Waals surface area contributed by atoms with Crippen LogP contribution in [0, 0.1) is 0 Å². The molecule has 1 atom stereocenters. The van der Waals surface area contributed by atoms with Gasteiger partial charge < -0.3 is 23.7 Å². The standard InChI is InChI=1S/C12H19NO4Si/c1-3-15-18(16-4-2,17-12-9-14-12)11-7-5-10(13)6-8-11/h5-8,12H,3-4,9,13H2,1-2H3. The van der Waals surface area contributed by atoms with Crippen molar-refractivity contribution in [3.8, 4) is 0 Å². The second-order valence-corrected chi connectivity index (χ2v) is 6.43. The number of rotatable bonds is 7. The highest BCUT2D eigenvalue weighted by Gasteiger charge is 2.48. The maximum atomic E-state index is 5.89. The number of benzene rings is 1. The molecule has 100 valence electrons. The van der Waals surface area contributed by atoms with Gasteiger partial charge in [-0.05, 0) is 26.0 Å². The van der Waals surface area contributed by atoms with Gasteiger partial charge in [0.15, 0.2) is 6.29 Å². The molecule has 5 nitrogen and oxygen atoms in total. The number of nitrogen functional groups attached to an aromatic ring is 1. The minimum Gasteiger partial charge on any atom is -0.399 e. The molecular formula is C12H19NO4Si. The molecule has 1 fully saturated rings. The highest BCUT2D eigenvalue weighted by molar-refractivity contribution is 6.75. The van der Waals surface area contributed by atoms with Gasteiger partial charge in [-0.25, -0.2) is 0 Å². The molecule has 0 amide bonds. The summed E-state index contributed by atoms with van der Waals surface area (Å²) in [5, 5.41) is 0.913. The summed E-state index contributed by atoms with van der Waals surface area (Å²) in [4.78, 5) is 0. The van der Waals surface area contributed by atoms with Gasteiger partial charge in [0.25, 0.3) is 0 Å². The summed E-state index contributed by atoms with van der Waals surface area (Å²) in [6.07, 6.45) is -0.202. The van der Waals surface area contributed by atoms with E-state index in [-0.39, 0.29) is 6.29 Å². The van der Waals surface area contributed by atoms with Crippen LogP contribution in [0.2, 0.25) is 0 Å². The Morgan fingerprint density at radius 1 is 1.22 bits per heavy atom. The Bertz CT molecular complexity index is 374. The van der Waals surface area contributed by atoms with Gasteiger partial charge in [-0.2, -0.15) is 0 Å². The SMILES string of the molecule is CCO[Si](OCC)(OC1CO1)c1ccc(N)cc1. The average molecular weight is 269 g/mol. The van der Waals surface area contributed by atoms with Gasteiger partial charge in [0, 0.05) is 24.1 Å². The lowest BCUT2D eigenvalue weighted by Gasteiger charge is -2.28. The second kappa shape index (κ2) is 5.81. The Kier molecular flexibility index (Phi) is 4.36. The Labute approximate surface area is 108 Å². The Hall–Kier alpha value is -0.923. The van der Waals surface area contributed by atoms with Crippen molar-refractivity contribution in [1.82, 2.24) is 0 Å². The van der Waals surface area contributed by atoms with Crippen LogP contribution >= 0.6 is 0 Å². The van der Waals surface area contributed by atoms with E-state index in [1.807, 2.05) is 38.1 Å². The monoisotopic (exact) mass is 269 g/mol. The van der Waals surface area contributed by atoms with Crippen LogP contribution in [-0.2, 0) is 18.0 Å². The smallest absolute Gasteiger partial charge is 0.399 e. The quantitative estimate of drug-likeness (QED) is 0.452. The van der Waals surface area contributed by atoms with Gasteiger partial charge in [-0.3, -0.25) is 0 Å². The predicted octanol–water partition coefficient (Wildman–Crippen LogP) is 0.861. The summed E-state index contributed by atoms with van der Waals surface area (Å²) in [5.74, 6) is 0. The van der Waals surface area contributed by atoms with Crippen molar-refractivity contribution in [3.05, 3.63) is 24.3 Å². The lowest BCUT2D eigenvalue weighted by molar-refractivity contribution is 0.0433. The average Bonchev–Trinajstić information content (AvgIpc) is 3.14. The molecule has 1 aromatic carbocycles. The summed E-state index contributed by atoms with van der Waals surface area (Å²) < 4.78 is 22.7. The van der Waals surface area contributed by atoms with Crippen LogP contribution < -0.4 is 10.9 Å². The van der Waals surface area contributed by atoms with E-state index >= 15 is 0 Å². The van der Waals surface area contributed by atoms with Crippen LogP contribution in [0.4, 0.5) is 5.69 Å². The van der Waals surface area contributed by atoms with Crippen LogP contribution in [0.15, 0.2) is 24.3 Å². The normalized spacial score (nSPS) is 18.9. The van der Waals surface area contributed by atoms with Crippen molar-refractivity contribution in [2.24, 2.45) is 0 Å². The number of anilines is 1. The van der Waals surface area contributed by atoms with Crippen molar-refractivity contribution >= 4 is 19.7 Å². The first-order chi connectivity index (χ1) is 8.70. The zero-order valence-corrected chi connectivity index (χ0v) is 11.7. The van der Waals surface area contributed by atoms with Crippen LogP contribution in [0.25, 0.3) is 0 Å². The predicted molar refractivity (Wildman–Crippen MR) is 70.3 cm³/mol. The lowest BCUT2D eigenvalue weighted by atomic mass is 10.3. The minimum atomic E-state index is -2.88. The first-order valence-corrected chi connectivity index (χ1v) is 7.86. The molecule has 1 aliphatic rings. The molecule has 1 heterocycles. The van der Waals surface area contributed by atoms with Gasteiger partial charge in [-0.1, -0.05) is 12.1 Å². The maximum absolute atomic E-state index is 5.89. The fourth-order valence-electron chi connectivity index (χ4n) is 1.69. The molecule has 1 aromatic rings. The van der Waals surface area contributed by atoms with Gasteiger partial charge in [-0.15, -0.1) is 0 Å². The molecule has 0 radical (unpaired) electrons. The maximum Gasteiger partial charge on any atom is 0.539 e. The van der Waals surface area contributed by atoms with Crippen LogP contribution in [0.1, 0.15) is 13.8 Å². The van der Waals surface area contributed by atoms with Crippen molar-refractivity contribution < 1.29 is 18.0 Å². The summed E-state index contributed by atoms with van der Waals surface area (Å²) >= 11 is 0. The van der Waals surface area contributed by atoms with Gasteiger partial charge in [0.1, 0.15) is 6.61 Å². The summed E-state index contributed by atoms with van der Waals surface area (Å²) in [5.41, 5.74) is 6.41. The minimum absolute atomic E-state index is 0.202. The van der Waals surface area contributed by atoms with Gasteiger partial charge >= 0.3 is 8.80 Å². The van der Waals surface area contributed by atoms with E-state index in [1.54, 1.807) is 0 Å². The van der Waals surface area contributed by atoms with Crippen molar-refractivity contribution in [1.29, 1.82) is 0 Å². The topological polar surface area (TPSA) is 66.2 Å². The molecule has 1 unspecified atom stereocenters. The molecule has 0 spiro atoms. The van der Waals surface area contributed by atoms with E-state index in [2.05, 4.69) is 0 Å². The molecule has 0 saturated carbocycles. The van der Waals surface area contributed by atoms with Crippen LogP contribution in [0.5, 0.6) is 0 Å². The van der Waals surface area contributed by atoms with Crippen LogP contribution in [-0.4, -0.2) is 34.9 Å². The number of ether oxygens (including phenoxy) is 1. The van der Waals surface area contributed by atoms with Crippen molar-refractivity contribution in [2.75, 3.05) is 25.6 Å². The van der Waals surface area contributed by atoms with Gasteiger partial charge in [0.05, 0.1) is 0 Å². The van der Waals surface area contributed by atoms with E-state index in [0.717, 1.165) is 5.19 Å². The third-order valence-electron chi connectivity index (χ3n) is 2.52. The van der Waals surface area contributed by atoms with Crippen molar-refractivity contribution in [2.45, 2.75) is 20.1 Å².